The molecule has 0 bridgehead atoms. The van der Waals surface area contributed by atoms with Crippen molar-refractivity contribution >= 4 is 17.6 Å². The fourth-order valence-electron chi connectivity index (χ4n) is 1.97. The van der Waals surface area contributed by atoms with Crippen LogP contribution < -0.4 is 0 Å². The topological polar surface area (TPSA) is 91.8 Å². The lowest BCUT2D eigenvalue weighted by molar-refractivity contribution is 0.0697. The van der Waals surface area contributed by atoms with E-state index in [1.165, 1.54) is 16.8 Å². The van der Waals surface area contributed by atoms with E-state index in [0.29, 0.717) is 23.7 Å². The van der Waals surface area contributed by atoms with Crippen LogP contribution in [0.15, 0.2) is 18.2 Å². The Balaban J connectivity index is 2.57. The lowest BCUT2D eigenvalue weighted by Crippen LogP contribution is -2.08. The molecule has 7 heteroatoms. The van der Waals surface area contributed by atoms with Crippen molar-refractivity contribution in [2.45, 2.75) is 20.3 Å². The smallest absolute Gasteiger partial charge is 0.337 e. The molecular weight excluding hydrogens is 292 g/mol. The van der Waals surface area contributed by atoms with Gasteiger partial charge >= 0.3 is 5.97 Å². The molecule has 0 saturated heterocycles. The number of halogens is 1. The van der Waals surface area contributed by atoms with Gasteiger partial charge in [0.15, 0.2) is 5.69 Å². The first kappa shape index (κ1) is 15.0. The number of carbonyl (C=O) groups is 1. The molecule has 108 valence electrons. The minimum absolute atomic E-state index is 0.0151. The highest BCUT2D eigenvalue weighted by molar-refractivity contribution is 6.33. The Bertz CT molecular complexity index is 731. The summed E-state index contributed by atoms with van der Waals surface area (Å²) in [5.74, 6) is -0.812. The van der Waals surface area contributed by atoms with Gasteiger partial charge in [-0.15, -0.1) is 5.10 Å². The molecule has 1 heterocycles. The maximum Gasteiger partial charge on any atom is 0.337 e. The van der Waals surface area contributed by atoms with E-state index in [2.05, 4.69) is 10.3 Å². The highest BCUT2D eigenvalue weighted by atomic mass is 35.5. The molecule has 0 unspecified atom stereocenters. The van der Waals surface area contributed by atoms with Crippen LogP contribution in [0.5, 0.6) is 0 Å². The van der Waals surface area contributed by atoms with Crippen molar-refractivity contribution < 1.29 is 9.90 Å². The van der Waals surface area contributed by atoms with Crippen LogP contribution in [0.2, 0.25) is 5.02 Å². The first-order valence-electron chi connectivity index (χ1n) is 6.32. The van der Waals surface area contributed by atoms with Gasteiger partial charge in [0, 0.05) is 0 Å². The van der Waals surface area contributed by atoms with Crippen molar-refractivity contribution in [2.75, 3.05) is 0 Å². The molecule has 2 rings (SSSR count). The Morgan fingerprint density at radius 3 is 2.81 bits per heavy atom. The number of benzene rings is 1. The van der Waals surface area contributed by atoms with Crippen LogP contribution in [-0.2, 0) is 6.42 Å². The van der Waals surface area contributed by atoms with E-state index >= 15 is 0 Å². The lowest BCUT2D eigenvalue weighted by atomic mass is 10.1. The van der Waals surface area contributed by atoms with Crippen LogP contribution in [0.3, 0.4) is 0 Å². The van der Waals surface area contributed by atoms with Gasteiger partial charge in [-0.2, -0.15) is 5.26 Å². The van der Waals surface area contributed by atoms with Gasteiger partial charge in [0.05, 0.1) is 22.0 Å². The number of hydrogen-bond donors (Lipinski definition) is 1. The molecule has 0 saturated carbocycles. The van der Waals surface area contributed by atoms with Gasteiger partial charge in [0.1, 0.15) is 6.07 Å². The molecule has 0 amide bonds. The molecule has 0 fully saturated rings. The predicted octanol–water partition coefficient (Wildman–Crippen LogP) is 2.69. The van der Waals surface area contributed by atoms with Gasteiger partial charge in [-0.05, 0) is 30.5 Å². The second-order valence-electron chi connectivity index (χ2n) is 4.98. The molecule has 2 aromatic rings. The molecule has 0 aliphatic rings. The molecule has 21 heavy (non-hydrogen) atoms. The van der Waals surface area contributed by atoms with Gasteiger partial charge in [-0.1, -0.05) is 30.7 Å². The van der Waals surface area contributed by atoms with E-state index in [1.54, 1.807) is 6.07 Å². The number of aromatic carboxylic acids is 1. The number of nitriles is 1. The largest absolute Gasteiger partial charge is 0.478 e. The Morgan fingerprint density at radius 2 is 2.24 bits per heavy atom. The zero-order valence-electron chi connectivity index (χ0n) is 11.5. The molecular formula is C14H13ClN4O2. The van der Waals surface area contributed by atoms with Crippen LogP contribution >= 0.6 is 11.6 Å². The quantitative estimate of drug-likeness (QED) is 0.937. The van der Waals surface area contributed by atoms with Crippen LogP contribution in [-0.4, -0.2) is 26.1 Å². The zero-order valence-corrected chi connectivity index (χ0v) is 12.3. The number of carboxylic acid groups (broad SMARTS) is 1. The highest BCUT2D eigenvalue weighted by Crippen LogP contribution is 2.22. The maximum atomic E-state index is 11.1. The van der Waals surface area contributed by atoms with E-state index in [0.717, 1.165) is 0 Å². The Morgan fingerprint density at radius 1 is 1.52 bits per heavy atom. The Hall–Kier alpha value is -2.39. The number of aromatic nitrogens is 3. The first-order chi connectivity index (χ1) is 9.93. The van der Waals surface area contributed by atoms with Crippen LogP contribution in [0.25, 0.3) is 5.69 Å². The number of carboxylic acids is 1. The Kier molecular flexibility index (Phi) is 4.24. The van der Waals surface area contributed by atoms with Crippen LogP contribution in [0, 0.1) is 17.2 Å². The summed E-state index contributed by atoms with van der Waals surface area (Å²) in [6.45, 7) is 4.03. The third-order valence-electron chi connectivity index (χ3n) is 2.90. The van der Waals surface area contributed by atoms with Gasteiger partial charge in [0.25, 0.3) is 0 Å². The summed E-state index contributed by atoms with van der Waals surface area (Å²) in [4.78, 5) is 11.1. The summed E-state index contributed by atoms with van der Waals surface area (Å²) in [7, 11) is 0. The molecule has 0 spiro atoms. The van der Waals surface area contributed by atoms with Crippen molar-refractivity contribution in [1.29, 1.82) is 5.26 Å². The highest BCUT2D eigenvalue weighted by Gasteiger charge is 2.17. The van der Waals surface area contributed by atoms with Crippen molar-refractivity contribution in [3.8, 4) is 11.8 Å². The molecule has 0 aliphatic heterocycles. The predicted molar refractivity (Wildman–Crippen MR) is 76.6 cm³/mol. The number of nitrogens with zero attached hydrogens (tertiary/aromatic N) is 4. The van der Waals surface area contributed by atoms with Crippen LogP contribution in [0.1, 0.15) is 35.6 Å². The number of hydrogen-bond acceptors (Lipinski definition) is 4. The van der Waals surface area contributed by atoms with E-state index in [4.69, 9.17) is 22.0 Å². The minimum Gasteiger partial charge on any atom is -0.478 e. The van der Waals surface area contributed by atoms with Crippen molar-refractivity contribution in [3.05, 3.63) is 40.2 Å². The molecule has 1 N–H and O–H groups in total. The van der Waals surface area contributed by atoms with Gasteiger partial charge in [-0.25, -0.2) is 9.48 Å². The molecule has 0 atom stereocenters. The standard InChI is InChI=1S/C14H13ClN4O2/c1-8(2)5-13-12(7-16)17-18-19(13)9-3-4-11(15)10(6-9)14(20)21/h3-4,6,8H,5H2,1-2H3,(H,20,21). The van der Waals surface area contributed by atoms with Gasteiger partial charge in [-0.3, -0.25) is 0 Å². The molecule has 1 aromatic heterocycles. The second kappa shape index (κ2) is 5.94. The third-order valence-corrected chi connectivity index (χ3v) is 3.23. The minimum atomic E-state index is -1.12. The summed E-state index contributed by atoms with van der Waals surface area (Å²) < 4.78 is 1.49. The summed E-state index contributed by atoms with van der Waals surface area (Å²) in [6.07, 6.45) is 0.612. The van der Waals surface area contributed by atoms with E-state index < -0.39 is 5.97 Å². The maximum absolute atomic E-state index is 11.1. The SMILES string of the molecule is CC(C)Cc1c(C#N)nnn1-c1ccc(Cl)c(C(=O)O)c1. The molecule has 0 aliphatic carbocycles. The number of rotatable bonds is 4. The normalized spacial score (nSPS) is 10.6. The summed E-state index contributed by atoms with van der Waals surface area (Å²) in [6, 6.07) is 6.56. The fraction of sp³-hybridized carbons (Fsp3) is 0.286. The van der Waals surface area contributed by atoms with Crippen molar-refractivity contribution in [1.82, 2.24) is 15.0 Å². The lowest BCUT2D eigenvalue weighted by Gasteiger charge is -2.09. The average molecular weight is 305 g/mol. The van der Waals surface area contributed by atoms with Gasteiger partial charge < -0.3 is 5.11 Å². The molecule has 1 aromatic carbocycles. The van der Waals surface area contributed by atoms with Crippen molar-refractivity contribution in [3.63, 3.8) is 0 Å². The van der Waals surface area contributed by atoms with E-state index in [-0.39, 0.29) is 16.3 Å². The first-order valence-corrected chi connectivity index (χ1v) is 6.69. The average Bonchev–Trinajstić information content (AvgIpc) is 2.81. The monoisotopic (exact) mass is 304 g/mol. The van der Waals surface area contributed by atoms with Crippen LogP contribution in [0.4, 0.5) is 0 Å². The third kappa shape index (κ3) is 3.03. The van der Waals surface area contributed by atoms with E-state index in [9.17, 15) is 4.79 Å². The zero-order chi connectivity index (χ0) is 15.6. The summed E-state index contributed by atoms with van der Waals surface area (Å²) in [5.41, 5.74) is 1.40. The molecule has 0 radical (unpaired) electrons. The second-order valence-corrected chi connectivity index (χ2v) is 5.38. The fourth-order valence-corrected chi connectivity index (χ4v) is 2.17. The Labute approximate surface area is 126 Å². The molecule has 6 nitrogen and oxygen atoms in total. The summed E-state index contributed by atoms with van der Waals surface area (Å²) in [5, 5.41) is 26.1. The summed E-state index contributed by atoms with van der Waals surface area (Å²) >= 11 is 5.86. The van der Waals surface area contributed by atoms with Gasteiger partial charge in [0.2, 0.25) is 0 Å². The van der Waals surface area contributed by atoms with Crippen molar-refractivity contribution in [2.24, 2.45) is 5.92 Å². The van der Waals surface area contributed by atoms with E-state index in [1.807, 2.05) is 19.9 Å².